The average Bonchev–Trinajstić information content (AvgIpc) is 3.06. The molecule has 1 aliphatic heterocycles. The lowest BCUT2D eigenvalue weighted by Gasteiger charge is -2.20. The lowest BCUT2D eigenvalue weighted by molar-refractivity contribution is -0.122. The van der Waals surface area contributed by atoms with Gasteiger partial charge in [-0.05, 0) is 51.0 Å². The molecule has 1 unspecified atom stereocenters. The largest absolute Gasteiger partial charge is 0.462 e. The molecule has 0 saturated carbocycles. The maximum atomic E-state index is 12.9. The van der Waals surface area contributed by atoms with Crippen LogP contribution >= 0.6 is 0 Å². The van der Waals surface area contributed by atoms with Crippen LogP contribution in [0.1, 0.15) is 40.4 Å². The van der Waals surface area contributed by atoms with E-state index >= 15 is 0 Å². The van der Waals surface area contributed by atoms with Crippen LogP contribution in [0.3, 0.4) is 0 Å². The minimum Gasteiger partial charge on any atom is -0.462 e. The van der Waals surface area contributed by atoms with Gasteiger partial charge in [-0.3, -0.25) is 9.59 Å². The minimum absolute atomic E-state index is 0.104. The van der Waals surface area contributed by atoms with E-state index in [1.165, 1.54) is 4.90 Å². The molecule has 2 amide bonds. The fraction of sp³-hybridized carbons (Fsp3) is 0.348. The normalized spacial score (nSPS) is 16.1. The van der Waals surface area contributed by atoms with E-state index in [0.717, 1.165) is 22.4 Å². The molecule has 1 aliphatic rings. The van der Waals surface area contributed by atoms with Crippen molar-refractivity contribution in [1.82, 2.24) is 0 Å². The summed E-state index contributed by atoms with van der Waals surface area (Å²) in [6.45, 7) is 8.14. The molecule has 1 saturated heterocycles. The number of ether oxygens (including phenoxy) is 1. The molecule has 1 fully saturated rings. The summed E-state index contributed by atoms with van der Waals surface area (Å²) in [5.41, 5.74) is 4.71. The molecule has 1 atom stereocenters. The van der Waals surface area contributed by atoms with Crippen LogP contribution in [0.4, 0.5) is 11.4 Å². The van der Waals surface area contributed by atoms with Gasteiger partial charge in [0, 0.05) is 18.7 Å². The minimum atomic E-state index is -0.488. The molecule has 0 spiro atoms. The Bertz CT molecular complexity index is 944. The van der Waals surface area contributed by atoms with Crippen LogP contribution < -0.4 is 10.2 Å². The van der Waals surface area contributed by atoms with Gasteiger partial charge in [-0.2, -0.15) is 0 Å². The fourth-order valence-corrected chi connectivity index (χ4v) is 3.81. The van der Waals surface area contributed by atoms with E-state index in [4.69, 9.17) is 4.74 Å². The van der Waals surface area contributed by atoms with Gasteiger partial charge in [0.1, 0.15) is 0 Å². The summed E-state index contributed by atoms with van der Waals surface area (Å²) in [7, 11) is 0. The Morgan fingerprint density at radius 2 is 1.79 bits per heavy atom. The lowest BCUT2D eigenvalue weighted by atomic mass is 10.0. The maximum absolute atomic E-state index is 12.9. The first-order valence-electron chi connectivity index (χ1n) is 9.77. The molecule has 6 heteroatoms. The third-order valence-corrected chi connectivity index (χ3v) is 5.11. The van der Waals surface area contributed by atoms with Crippen molar-refractivity contribution in [2.24, 2.45) is 5.92 Å². The monoisotopic (exact) mass is 394 g/mol. The molecule has 2 aromatic carbocycles. The number of aryl methyl sites for hydroxylation is 3. The van der Waals surface area contributed by atoms with Crippen molar-refractivity contribution in [3.8, 4) is 0 Å². The summed E-state index contributed by atoms with van der Waals surface area (Å²) in [6, 6.07) is 10.9. The zero-order valence-electron chi connectivity index (χ0n) is 17.2. The Balaban J connectivity index is 1.79. The fourth-order valence-electron chi connectivity index (χ4n) is 3.81. The van der Waals surface area contributed by atoms with Crippen molar-refractivity contribution in [2.75, 3.05) is 23.4 Å². The van der Waals surface area contributed by atoms with Crippen LogP contribution in [-0.4, -0.2) is 30.9 Å². The van der Waals surface area contributed by atoms with E-state index in [0.29, 0.717) is 11.3 Å². The van der Waals surface area contributed by atoms with Crippen molar-refractivity contribution < 1.29 is 19.1 Å². The average molecular weight is 394 g/mol. The topological polar surface area (TPSA) is 75.7 Å². The third kappa shape index (κ3) is 4.31. The predicted octanol–water partition coefficient (Wildman–Crippen LogP) is 3.78. The molecule has 1 heterocycles. The van der Waals surface area contributed by atoms with Crippen molar-refractivity contribution in [3.05, 3.63) is 58.7 Å². The first-order chi connectivity index (χ1) is 13.8. The second-order valence-corrected chi connectivity index (χ2v) is 7.41. The van der Waals surface area contributed by atoms with Crippen molar-refractivity contribution in [1.29, 1.82) is 0 Å². The first kappa shape index (κ1) is 20.6. The molecule has 1 N–H and O–H groups in total. The van der Waals surface area contributed by atoms with Crippen LogP contribution in [-0.2, 0) is 14.3 Å². The Morgan fingerprint density at radius 1 is 1.14 bits per heavy atom. The molecular weight excluding hydrogens is 368 g/mol. The van der Waals surface area contributed by atoms with Crippen LogP contribution in [0.5, 0.6) is 0 Å². The summed E-state index contributed by atoms with van der Waals surface area (Å²) < 4.78 is 5.10. The Hall–Kier alpha value is -3.15. The number of para-hydroxylation sites is 1. The van der Waals surface area contributed by atoms with E-state index < -0.39 is 11.9 Å². The molecule has 6 nitrogen and oxygen atoms in total. The SMILES string of the molecule is CCOC(=O)c1ccccc1N1CC(C(=O)Nc2c(C)cc(C)cc2C)CC1=O. The molecule has 0 radical (unpaired) electrons. The molecule has 29 heavy (non-hydrogen) atoms. The number of nitrogens with one attached hydrogen (secondary N) is 1. The number of esters is 1. The van der Waals surface area contributed by atoms with E-state index in [1.54, 1.807) is 31.2 Å². The molecule has 0 aromatic heterocycles. The number of anilines is 2. The number of nitrogens with zero attached hydrogens (tertiary/aromatic N) is 1. The van der Waals surface area contributed by atoms with Gasteiger partial charge in [0.25, 0.3) is 0 Å². The van der Waals surface area contributed by atoms with Crippen LogP contribution in [0.25, 0.3) is 0 Å². The number of carbonyl (C=O) groups is 3. The number of hydrogen-bond acceptors (Lipinski definition) is 4. The molecule has 3 rings (SSSR count). The van der Waals surface area contributed by atoms with Crippen molar-refractivity contribution in [3.63, 3.8) is 0 Å². The Labute approximate surface area is 170 Å². The van der Waals surface area contributed by atoms with E-state index in [-0.39, 0.29) is 31.4 Å². The highest BCUT2D eigenvalue weighted by molar-refractivity contribution is 6.07. The van der Waals surface area contributed by atoms with Gasteiger partial charge < -0.3 is 15.0 Å². The summed E-state index contributed by atoms with van der Waals surface area (Å²) in [5, 5.41) is 2.99. The smallest absolute Gasteiger partial charge is 0.340 e. The van der Waals surface area contributed by atoms with Gasteiger partial charge in [-0.25, -0.2) is 4.79 Å². The third-order valence-electron chi connectivity index (χ3n) is 5.11. The van der Waals surface area contributed by atoms with Crippen molar-refractivity contribution >= 4 is 29.2 Å². The summed E-state index contributed by atoms with van der Waals surface area (Å²) in [5.74, 6) is -1.34. The van der Waals surface area contributed by atoms with E-state index in [2.05, 4.69) is 5.32 Å². The maximum Gasteiger partial charge on any atom is 0.340 e. The van der Waals surface area contributed by atoms with Crippen molar-refractivity contribution in [2.45, 2.75) is 34.1 Å². The summed E-state index contributed by atoms with van der Waals surface area (Å²) in [6.07, 6.45) is 0.104. The summed E-state index contributed by atoms with van der Waals surface area (Å²) >= 11 is 0. The summed E-state index contributed by atoms with van der Waals surface area (Å²) in [4.78, 5) is 39.3. The molecule has 2 aromatic rings. The van der Waals surface area contributed by atoms with E-state index in [1.807, 2.05) is 32.9 Å². The number of hydrogen-bond donors (Lipinski definition) is 1. The van der Waals surface area contributed by atoms with Crippen LogP contribution in [0, 0.1) is 26.7 Å². The van der Waals surface area contributed by atoms with Crippen LogP contribution in [0.15, 0.2) is 36.4 Å². The quantitative estimate of drug-likeness (QED) is 0.783. The van der Waals surface area contributed by atoms with E-state index in [9.17, 15) is 14.4 Å². The van der Waals surface area contributed by atoms with Gasteiger partial charge in [0.15, 0.2) is 0 Å². The van der Waals surface area contributed by atoms with Gasteiger partial charge in [-0.15, -0.1) is 0 Å². The zero-order chi connectivity index (χ0) is 21.1. The highest BCUT2D eigenvalue weighted by Crippen LogP contribution is 2.30. The first-order valence-corrected chi connectivity index (χ1v) is 9.77. The van der Waals surface area contributed by atoms with Gasteiger partial charge in [-0.1, -0.05) is 29.8 Å². The number of rotatable bonds is 5. The zero-order valence-corrected chi connectivity index (χ0v) is 17.2. The standard InChI is InChI=1S/C23H26N2O4/c1-5-29-23(28)18-8-6-7-9-19(18)25-13-17(12-20(25)26)22(27)24-21-15(3)10-14(2)11-16(21)4/h6-11,17H,5,12-13H2,1-4H3,(H,24,27). The Kier molecular flexibility index (Phi) is 6.01. The number of carbonyl (C=O) groups excluding carboxylic acids is 3. The Morgan fingerprint density at radius 3 is 2.45 bits per heavy atom. The number of benzene rings is 2. The predicted molar refractivity (Wildman–Crippen MR) is 112 cm³/mol. The number of amides is 2. The van der Waals surface area contributed by atoms with Gasteiger partial charge in [0.05, 0.1) is 23.8 Å². The molecule has 152 valence electrons. The highest BCUT2D eigenvalue weighted by atomic mass is 16.5. The second-order valence-electron chi connectivity index (χ2n) is 7.41. The van der Waals surface area contributed by atoms with Gasteiger partial charge >= 0.3 is 5.97 Å². The second kappa shape index (κ2) is 8.47. The molecular formula is C23H26N2O4. The highest BCUT2D eigenvalue weighted by Gasteiger charge is 2.37. The van der Waals surface area contributed by atoms with Crippen LogP contribution in [0.2, 0.25) is 0 Å². The molecule has 0 bridgehead atoms. The van der Waals surface area contributed by atoms with Gasteiger partial charge in [0.2, 0.25) is 11.8 Å². The molecule has 0 aliphatic carbocycles. The lowest BCUT2D eigenvalue weighted by Crippen LogP contribution is -2.29.